The van der Waals surface area contributed by atoms with Gasteiger partial charge in [-0.1, -0.05) is 6.92 Å². The molecule has 0 aromatic heterocycles. The van der Waals surface area contributed by atoms with Crippen LogP contribution in [-0.4, -0.2) is 24.7 Å². The Bertz CT molecular complexity index is 205. The highest BCUT2D eigenvalue weighted by atomic mass is 19.3. The first kappa shape index (κ1) is 8.38. The summed E-state index contributed by atoms with van der Waals surface area (Å²) in [5.74, 6) is -2.53. The molecule has 1 saturated carbocycles. The van der Waals surface area contributed by atoms with Gasteiger partial charge >= 0.3 is 0 Å². The summed E-state index contributed by atoms with van der Waals surface area (Å²) in [6.45, 7) is 2.98. The molecule has 1 aliphatic heterocycles. The number of rotatable bonds is 1. The van der Waals surface area contributed by atoms with Gasteiger partial charge in [0.1, 0.15) is 0 Å². The predicted molar refractivity (Wildman–Crippen MR) is 40.0 cm³/mol. The molecule has 2 aliphatic rings. The van der Waals surface area contributed by atoms with E-state index in [9.17, 15) is 8.78 Å². The SMILES string of the molecule is CC1(C2(N)CC(F)(F)C2)COC1. The molecule has 0 unspecified atom stereocenters. The molecule has 0 bridgehead atoms. The number of alkyl halides is 2. The van der Waals surface area contributed by atoms with Crippen LogP contribution in [0.15, 0.2) is 0 Å². The molecule has 1 aliphatic carbocycles. The molecule has 0 atom stereocenters. The van der Waals surface area contributed by atoms with Gasteiger partial charge in [0.15, 0.2) is 0 Å². The Balaban J connectivity index is 2.06. The number of hydrogen-bond acceptors (Lipinski definition) is 2. The second-order valence-electron chi connectivity index (χ2n) is 4.42. The number of ether oxygens (including phenoxy) is 1. The highest BCUT2D eigenvalue weighted by Crippen LogP contribution is 2.54. The average Bonchev–Trinajstić information content (AvgIpc) is 1.77. The van der Waals surface area contributed by atoms with Crippen LogP contribution in [-0.2, 0) is 4.74 Å². The molecule has 0 radical (unpaired) electrons. The van der Waals surface area contributed by atoms with Gasteiger partial charge in [0.25, 0.3) is 5.92 Å². The highest BCUT2D eigenvalue weighted by Gasteiger charge is 2.64. The molecule has 2 N–H and O–H groups in total. The first-order valence-corrected chi connectivity index (χ1v) is 4.12. The van der Waals surface area contributed by atoms with Crippen molar-refractivity contribution in [2.24, 2.45) is 11.1 Å². The molecule has 0 amide bonds. The van der Waals surface area contributed by atoms with Crippen LogP contribution in [0.1, 0.15) is 19.8 Å². The molecule has 2 nitrogen and oxygen atoms in total. The summed E-state index contributed by atoms with van der Waals surface area (Å²) in [5.41, 5.74) is 4.96. The van der Waals surface area contributed by atoms with Crippen molar-refractivity contribution in [2.75, 3.05) is 13.2 Å². The van der Waals surface area contributed by atoms with E-state index >= 15 is 0 Å². The predicted octanol–water partition coefficient (Wildman–Crippen LogP) is 1.15. The zero-order valence-corrected chi connectivity index (χ0v) is 7.07. The molecule has 4 heteroatoms. The third-order valence-corrected chi connectivity index (χ3v) is 3.19. The zero-order chi connectivity index (χ0) is 9.04. The molecule has 0 aromatic carbocycles. The largest absolute Gasteiger partial charge is 0.380 e. The van der Waals surface area contributed by atoms with Gasteiger partial charge in [0, 0.05) is 23.8 Å². The van der Waals surface area contributed by atoms with Crippen LogP contribution in [0.3, 0.4) is 0 Å². The maximum Gasteiger partial charge on any atom is 0.251 e. The van der Waals surface area contributed by atoms with Gasteiger partial charge in [-0.3, -0.25) is 0 Å². The average molecular weight is 177 g/mol. The topological polar surface area (TPSA) is 35.2 Å². The number of hydrogen-bond donors (Lipinski definition) is 1. The van der Waals surface area contributed by atoms with Crippen LogP contribution >= 0.6 is 0 Å². The fourth-order valence-corrected chi connectivity index (χ4v) is 1.99. The Labute approximate surface area is 70.1 Å². The molecular formula is C8H13F2NO. The fourth-order valence-electron chi connectivity index (χ4n) is 1.99. The van der Waals surface area contributed by atoms with E-state index in [1.165, 1.54) is 0 Å². The van der Waals surface area contributed by atoms with Crippen molar-refractivity contribution in [3.8, 4) is 0 Å². The Morgan fingerprint density at radius 2 is 1.75 bits per heavy atom. The van der Waals surface area contributed by atoms with Crippen molar-refractivity contribution in [3.63, 3.8) is 0 Å². The van der Waals surface area contributed by atoms with E-state index < -0.39 is 11.5 Å². The maximum absolute atomic E-state index is 12.6. The van der Waals surface area contributed by atoms with Crippen LogP contribution < -0.4 is 5.73 Å². The Morgan fingerprint density at radius 1 is 1.25 bits per heavy atom. The van der Waals surface area contributed by atoms with Gasteiger partial charge in [0.2, 0.25) is 0 Å². The molecule has 2 fully saturated rings. The van der Waals surface area contributed by atoms with Crippen LogP contribution in [0.2, 0.25) is 0 Å². The monoisotopic (exact) mass is 177 g/mol. The summed E-state index contributed by atoms with van der Waals surface area (Å²) in [4.78, 5) is 0. The summed E-state index contributed by atoms with van der Waals surface area (Å²) in [6, 6.07) is 0. The second kappa shape index (κ2) is 1.99. The first-order chi connectivity index (χ1) is 5.37. The standard InChI is InChI=1S/C8H13F2NO/c1-6(4-12-5-6)7(11)2-8(9,10)3-7/h2-5,11H2,1H3. The quantitative estimate of drug-likeness (QED) is 0.652. The molecule has 1 heterocycles. The van der Waals surface area contributed by atoms with Crippen LogP contribution in [0.5, 0.6) is 0 Å². The van der Waals surface area contributed by atoms with Crippen molar-refractivity contribution in [1.82, 2.24) is 0 Å². The second-order valence-corrected chi connectivity index (χ2v) is 4.42. The Hall–Kier alpha value is -0.220. The van der Waals surface area contributed by atoms with E-state index in [0.717, 1.165) is 0 Å². The fraction of sp³-hybridized carbons (Fsp3) is 1.00. The van der Waals surface area contributed by atoms with Gasteiger partial charge in [-0.15, -0.1) is 0 Å². The van der Waals surface area contributed by atoms with Crippen LogP contribution in [0.25, 0.3) is 0 Å². The van der Waals surface area contributed by atoms with Crippen molar-refractivity contribution in [2.45, 2.75) is 31.2 Å². The van der Waals surface area contributed by atoms with Gasteiger partial charge in [-0.25, -0.2) is 8.78 Å². The van der Waals surface area contributed by atoms with E-state index in [0.29, 0.717) is 13.2 Å². The van der Waals surface area contributed by atoms with Gasteiger partial charge < -0.3 is 10.5 Å². The minimum absolute atomic E-state index is 0.181. The minimum Gasteiger partial charge on any atom is -0.380 e. The summed E-state index contributed by atoms with van der Waals surface area (Å²) >= 11 is 0. The lowest BCUT2D eigenvalue weighted by Crippen LogP contribution is -2.72. The minimum atomic E-state index is -2.53. The van der Waals surface area contributed by atoms with E-state index in [1.807, 2.05) is 6.92 Å². The van der Waals surface area contributed by atoms with Crippen molar-refractivity contribution in [1.29, 1.82) is 0 Å². The lowest BCUT2D eigenvalue weighted by molar-refractivity contribution is -0.225. The normalized spacial score (nSPS) is 35.0. The van der Waals surface area contributed by atoms with E-state index in [2.05, 4.69) is 0 Å². The van der Waals surface area contributed by atoms with Crippen molar-refractivity contribution >= 4 is 0 Å². The van der Waals surface area contributed by atoms with Gasteiger partial charge in [-0.2, -0.15) is 0 Å². The summed E-state index contributed by atoms with van der Waals surface area (Å²) in [6.07, 6.45) is -0.361. The van der Waals surface area contributed by atoms with E-state index in [1.54, 1.807) is 0 Å². The van der Waals surface area contributed by atoms with Crippen LogP contribution in [0.4, 0.5) is 8.78 Å². The lowest BCUT2D eigenvalue weighted by atomic mass is 9.57. The Kier molecular flexibility index (Phi) is 1.39. The van der Waals surface area contributed by atoms with E-state index in [4.69, 9.17) is 10.5 Å². The van der Waals surface area contributed by atoms with Gasteiger partial charge in [-0.05, 0) is 0 Å². The summed E-state index contributed by atoms with van der Waals surface area (Å²) in [5, 5.41) is 0. The third-order valence-electron chi connectivity index (χ3n) is 3.19. The molecule has 0 aromatic rings. The van der Waals surface area contributed by atoms with Crippen molar-refractivity contribution in [3.05, 3.63) is 0 Å². The third kappa shape index (κ3) is 0.910. The molecular weight excluding hydrogens is 164 g/mol. The molecule has 2 rings (SSSR count). The molecule has 70 valence electrons. The number of halogens is 2. The zero-order valence-electron chi connectivity index (χ0n) is 7.07. The summed E-state index contributed by atoms with van der Waals surface area (Å²) in [7, 11) is 0. The van der Waals surface area contributed by atoms with Gasteiger partial charge in [0.05, 0.1) is 13.2 Å². The summed E-state index contributed by atoms with van der Waals surface area (Å²) < 4.78 is 30.2. The Morgan fingerprint density at radius 3 is 2.00 bits per heavy atom. The lowest BCUT2D eigenvalue weighted by Gasteiger charge is -2.58. The van der Waals surface area contributed by atoms with Crippen molar-refractivity contribution < 1.29 is 13.5 Å². The molecule has 1 saturated heterocycles. The molecule has 12 heavy (non-hydrogen) atoms. The first-order valence-electron chi connectivity index (χ1n) is 4.12. The maximum atomic E-state index is 12.6. The highest BCUT2D eigenvalue weighted by molar-refractivity contribution is 5.14. The number of nitrogens with two attached hydrogens (primary N) is 1. The smallest absolute Gasteiger partial charge is 0.251 e. The van der Waals surface area contributed by atoms with Crippen LogP contribution in [0, 0.1) is 5.41 Å². The van der Waals surface area contributed by atoms with E-state index in [-0.39, 0.29) is 18.3 Å². The molecule has 0 spiro atoms.